The van der Waals surface area contributed by atoms with E-state index in [2.05, 4.69) is 10.4 Å². The highest BCUT2D eigenvalue weighted by atomic mass is 16.4. The van der Waals surface area contributed by atoms with E-state index in [1.54, 1.807) is 6.07 Å². The number of hydrogen-bond acceptors (Lipinski definition) is 4. The average Bonchev–Trinajstić information content (AvgIpc) is 2.63. The number of rotatable bonds is 10. The van der Waals surface area contributed by atoms with Gasteiger partial charge in [-0.1, -0.05) is 43.2 Å². The van der Waals surface area contributed by atoms with Gasteiger partial charge in [0, 0.05) is 24.6 Å². The van der Waals surface area contributed by atoms with Crippen LogP contribution in [0.3, 0.4) is 0 Å². The normalized spacial score (nSPS) is 10.5. The number of carbonyl (C=O) groups excluding carboxylic acids is 1. The topological polar surface area (TPSA) is 101 Å². The first kappa shape index (κ1) is 19.4. The molecular weight excluding hydrogens is 334 g/mol. The number of nitrogens with one attached hydrogen (secondary N) is 1. The maximum absolute atomic E-state index is 12.0. The highest BCUT2D eigenvalue weighted by molar-refractivity contribution is 5.75. The quantitative estimate of drug-likeness (QED) is 0.634. The molecule has 0 bridgehead atoms. The highest BCUT2D eigenvalue weighted by Gasteiger charge is 2.07. The second kappa shape index (κ2) is 10.1. The van der Waals surface area contributed by atoms with Gasteiger partial charge in [-0.2, -0.15) is 5.10 Å². The van der Waals surface area contributed by atoms with E-state index >= 15 is 0 Å². The molecule has 0 saturated heterocycles. The summed E-state index contributed by atoms with van der Waals surface area (Å²) in [6.45, 7) is 0.373. The first-order valence-corrected chi connectivity index (χ1v) is 8.68. The summed E-state index contributed by atoms with van der Waals surface area (Å²) in [5.41, 5.74) is 1.19. The summed E-state index contributed by atoms with van der Waals surface area (Å²) in [4.78, 5) is 34.3. The molecule has 138 valence electrons. The molecule has 0 unspecified atom stereocenters. The van der Waals surface area contributed by atoms with Crippen LogP contribution in [-0.4, -0.2) is 33.3 Å². The summed E-state index contributed by atoms with van der Waals surface area (Å²) < 4.78 is 1.16. The fourth-order valence-corrected chi connectivity index (χ4v) is 2.50. The van der Waals surface area contributed by atoms with E-state index in [0.717, 1.165) is 29.5 Å². The predicted octanol–water partition coefficient (Wildman–Crippen LogP) is 2.06. The van der Waals surface area contributed by atoms with E-state index in [1.807, 2.05) is 30.3 Å². The number of benzene rings is 1. The Morgan fingerprint density at radius 3 is 2.46 bits per heavy atom. The summed E-state index contributed by atoms with van der Waals surface area (Å²) >= 11 is 0. The molecule has 0 saturated carbocycles. The zero-order valence-electron chi connectivity index (χ0n) is 14.6. The zero-order valence-corrected chi connectivity index (χ0v) is 14.6. The Morgan fingerprint density at radius 2 is 1.73 bits per heavy atom. The zero-order chi connectivity index (χ0) is 18.8. The molecule has 2 N–H and O–H groups in total. The average molecular weight is 357 g/mol. The van der Waals surface area contributed by atoms with Crippen LogP contribution in [0, 0.1) is 0 Å². The predicted molar refractivity (Wildman–Crippen MR) is 97.7 cm³/mol. The van der Waals surface area contributed by atoms with Crippen LogP contribution >= 0.6 is 0 Å². The molecule has 0 aliphatic rings. The summed E-state index contributed by atoms with van der Waals surface area (Å²) in [5, 5.41) is 15.6. The van der Waals surface area contributed by atoms with Crippen LogP contribution in [0.4, 0.5) is 0 Å². The van der Waals surface area contributed by atoms with Gasteiger partial charge in [-0.25, -0.2) is 4.68 Å². The van der Waals surface area contributed by atoms with Gasteiger partial charge in [0.2, 0.25) is 5.91 Å². The summed E-state index contributed by atoms with van der Waals surface area (Å²) in [5.74, 6) is -1.05. The third kappa shape index (κ3) is 6.51. The van der Waals surface area contributed by atoms with Crippen molar-refractivity contribution in [1.82, 2.24) is 15.1 Å². The lowest BCUT2D eigenvalue weighted by molar-refractivity contribution is -0.137. The minimum Gasteiger partial charge on any atom is -0.481 e. The largest absolute Gasteiger partial charge is 0.481 e. The number of hydrogen-bond donors (Lipinski definition) is 2. The molecule has 2 rings (SSSR count). The van der Waals surface area contributed by atoms with Gasteiger partial charge in [0.25, 0.3) is 5.56 Å². The van der Waals surface area contributed by atoms with Gasteiger partial charge in [0.05, 0.1) is 5.69 Å². The number of carboxylic acid groups (broad SMARTS) is 1. The Kier molecular flexibility index (Phi) is 7.54. The molecule has 7 nitrogen and oxygen atoms in total. The molecule has 1 amide bonds. The molecule has 1 heterocycles. The number of carboxylic acids is 1. The molecule has 0 aliphatic carbocycles. The van der Waals surface area contributed by atoms with E-state index in [-0.39, 0.29) is 24.4 Å². The number of unbranched alkanes of at least 4 members (excludes halogenated alkanes) is 3. The van der Waals surface area contributed by atoms with Crippen molar-refractivity contribution < 1.29 is 14.7 Å². The van der Waals surface area contributed by atoms with Crippen LogP contribution in [0.1, 0.15) is 32.1 Å². The lowest BCUT2D eigenvalue weighted by Crippen LogP contribution is -2.34. The fraction of sp³-hybridized carbons (Fsp3) is 0.368. The third-order valence-electron chi connectivity index (χ3n) is 3.87. The molecular formula is C19H23N3O4. The van der Waals surface area contributed by atoms with Crippen molar-refractivity contribution in [3.63, 3.8) is 0 Å². The van der Waals surface area contributed by atoms with Crippen LogP contribution in [-0.2, 0) is 16.1 Å². The Balaban J connectivity index is 1.80. The van der Waals surface area contributed by atoms with Crippen molar-refractivity contribution in [2.45, 2.75) is 38.6 Å². The maximum Gasteiger partial charge on any atom is 0.303 e. The van der Waals surface area contributed by atoms with Crippen LogP contribution in [0.25, 0.3) is 11.3 Å². The Labute approximate surface area is 151 Å². The first-order valence-electron chi connectivity index (χ1n) is 8.68. The number of aliphatic carboxylic acids is 1. The van der Waals surface area contributed by atoms with Crippen molar-refractivity contribution >= 4 is 11.9 Å². The lowest BCUT2D eigenvalue weighted by Gasteiger charge is -2.08. The lowest BCUT2D eigenvalue weighted by atomic mass is 10.1. The molecule has 0 fully saturated rings. The van der Waals surface area contributed by atoms with E-state index in [0.29, 0.717) is 18.7 Å². The van der Waals surface area contributed by atoms with Gasteiger partial charge in [-0.05, 0) is 18.9 Å². The number of aromatic nitrogens is 2. The van der Waals surface area contributed by atoms with Crippen molar-refractivity contribution in [2.24, 2.45) is 0 Å². The van der Waals surface area contributed by atoms with Gasteiger partial charge in [0.15, 0.2) is 0 Å². The maximum atomic E-state index is 12.0. The Bertz CT molecular complexity index is 787. The molecule has 2 aromatic rings. The monoisotopic (exact) mass is 357 g/mol. The molecule has 0 radical (unpaired) electrons. The van der Waals surface area contributed by atoms with Gasteiger partial charge in [-0.3, -0.25) is 14.4 Å². The second-order valence-electron chi connectivity index (χ2n) is 5.99. The van der Waals surface area contributed by atoms with Crippen molar-refractivity contribution in [3.8, 4) is 11.3 Å². The summed E-state index contributed by atoms with van der Waals surface area (Å²) in [6, 6.07) is 12.5. The molecule has 1 aromatic heterocycles. The third-order valence-corrected chi connectivity index (χ3v) is 3.87. The highest BCUT2D eigenvalue weighted by Crippen LogP contribution is 2.13. The second-order valence-corrected chi connectivity index (χ2v) is 5.99. The molecule has 26 heavy (non-hydrogen) atoms. The van der Waals surface area contributed by atoms with Crippen LogP contribution < -0.4 is 10.9 Å². The van der Waals surface area contributed by atoms with Gasteiger partial charge in [-0.15, -0.1) is 0 Å². The Morgan fingerprint density at radius 1 is 1.00 bits per heavy atom. The summed E-state index contributed by atoms with van der Waals surface area (Å²) in [6.07, 6.45) is 3.28. The first-order chi connectivity index (χ1) is 12.6. The van der Waals surface area contributed by atoms with Crippen LogP contribution in [0.5, 0.6) is 0 Å². The minimum absolute atomic E-state index is 0.126. The van der Waals surface area contributed by atoms with E-state index < -0.39 is 5.97 Å². The number of amides is 1. The molecule has 0 aliphatic heterocycles. The van der Waals surface area contributed by atoms with Gasteiger partial charge < -0.3 is 10.4 Å². The van der Waals surface area contributed by atoms with Gasteiger partial charge in [0.1, 0.15) is 6.54 Å². The fourth-order valence-electron chi connectivity index (χ4n) is 2.50. The molecule has 1 aromatic carbocycles. The van der Waals surface area contributed by atoms with E-state index in [9.17, 15) is 14.4 Å². The van der Waals surface area contributed by atoms with Gasteiger partial charge >= 0.3 is 5.97 Å². The van der Waals surface area contributed by atoms with Crippen molar-refractivity contribution in [3.05, 3.63) is 52.8 Å². The van der Waals surface area contributed by atoms with E-state index in [4.69, 9.17) is 5.11 Å². The molecule has 7 heteroatoms. The Hall–Kier alpha value is -2.96. The SMILES string of the molecule is O=C(O)CCCCCCNC(=O)Cn1nc(-c2ccccc2)ccc1=O. The van der Waals surface area contributed by atoms with Crippen LogP contribution in [0.15, 0.2) is 47.3 Å². The van der Waals surface area contributed by atoms with E-state index in [1.165, 1.54) is 6.07 Å². The minimum atomic E-state index is -0.783. The van der Waals surface area contributed by atoms with Crippen molar-refractivity contribution in [2.75, 3.05) is 6.54 Å². The van der Waals surface area contributed by atoms with Crippen molar-refractivity contribution in [1.29, 1.82) is 0 Å². The smallest absolute Gasteiger partial charge is 0.303 e. The standard InChI is InChI=1S/C19H23N3O4/c23-17(20-13-7-2-1-6-10-19(25)26)14-22-18(24)12-11-16(21-22)15-8-4-3-5-9-15/h3-5,8-9,11-12H,1-2,6-7,10,13-14H2,(H,20,23)(H,25,26). The molecule has 0 spiro atoms. The van der Waals surface area contributed by atoms with Crippen LogP contribution in [0.2, 0.25) is 0 Å². The summed E-state index contributed by atoms with van der Waals surface area (Å²) in [7, 11) is 0. The number of nitrogens with zero attached hydrogens (tertiary/aromatic N) is 2. The molecule has 0 atom stereocenters. The number of carbonyl (C=O) groups is 2.